The van der Waals surface area contributed by atoms with E-state index in [1.807, 2.05) is 0 Å². The molecule has 1 N–H and O–H groups in total. The third-order valence-corrected chi connectivity index (χ3v) is 5.69. The van der Waals surface area contributed by atoms with Gasteiger partial charge in [-0.2, -0.15) is 22.0 Å². The Morgan fingerprint density at radius 3 is 2.25 bits per heavy atom. The standard InChI is InChI=1S/C11H11F5N2O4S2/c12-10(13,11(14,15)16)6(19)8-17(1-2-24-8)7(20)5-3-23-4-18(5)9(21)22/h5,8H,1-4H2,(H,21,22). The van der Waals surface area contributed by atoms with E-state index in [0.717, 1.165) is 16.7 Å². The summed E-state index contributed by atoms with van der Waals surface area (Å²) in [6.07, 6.45) is -7.47. The topological polar surface area (TPSA) is 77.9 Å². The van der Waals surface area contributed by atoms with Crippen LogP contribution in [0.4, 0.5) is 26.7 Å². The fourth-order valence-corrected chi connectivity index (χ4v) is 4.59. The molecule has 2 atom stereocenters. The molecule has 0 aromatic heterocycles. The van der Waals surface area contributed by atoms with Crippen molar-refractivity contribution in [2.24, 2.45) is 0 Å². The van der Waals surface area contributed by atoms with Gasteiger partial charge in [0, 0.05) is 18.1 Å². The van der Waals surface area contributed by atoms with Crippen molar-refractivity contribution in [1.29, 1.82) is 0 Å². The first-order valence-corrected chi connectivity index (χ1v) is 8.67. The van der Waals surface area contributed by atoms with Crippen LogP contribution >= 0.6 is 23.5 Å². The highest BCUT2D eigenvalue weighted by molar-refractivity contribution is 8.00. The minimum Gasteiger partial charge on any atom is -0.465 e. The number of amides is 2. The van der Waals surface area contributed by atoms with Crippen molar-refractivity contribution in [2.45, 2.75) is 23.5 Å². The van der Waals surface area contributed by atoms with Crippen LogP contribution in [-0.2, 0) is 9.59 Å². The molecule has 0 aromatic carbocycles. The zero-order valence-electron chi connectivity index (χ0n) is 11.8. The van der Waals surface area contributed by atoms with Gasteiger partial charge in [-0.05, 0) is 0 Å². The number of ketones is 1. The van der Waals surface area contributed by atoms with Gasteiger partial charge in [-0.15, -0.1) is 23.5 Å². The van der Waals surface area contributed by atoms with Crippen LogP contribution < -0.4 is 0 Å². The maximum Gasteiger partial charge on any atom is 0.461 e. The third-order valence-electron chi connectivity index (χ3n) is 3.48. The predicted molar refractivity (Wildman–Crippen MR) is 74.9 cm³/mol. The number of carbonyl (C=O) groups excluding carboxylic acids is 2. The minimum absolute atomic E-state index is 0.00299. The largest absolute Gasteiger partial charge is 0.465 e. The molecule has 0 aromatic rings. The molecule has 13 heteroatoms. The summed E-state index contributed by atoms with van der Waals surface area (Å²) in [7, 11) is 0. The van der Waals surface area contributed by atoms with Crippen LogP contribution in [0.1, 0.15) is 0 Å². The van der Waals surface area contributed by atoms with Crippen LogP contribution in [0.15, 0.2) is 0 Å². The Labute approximate surface area is 140 Å². The van der Waals surface area contributed by atoms with E-state index in [0.29, 0.717) is 16.7 Å². The molecule has 0 bridgehead atoms. The number of carboxylic acid groups (broad SMARTS) is 1. The summed E-state index contributed by atoms with van der Waals surface area (Å²) in [4.78, 5) is 36.4. The highest BCUT2D eigenvalue weighted by Gasteiger charge is 2.66. The van der Waals surface area contributed by atoms with E-state index >= 15 is 0 Å². The van der Waals surface area contributed by atoms with Gasteiger partial charge >= 0.3 is 18.2 Å². The maximum absolute atomic E-state index is 13.3. The molecule has 2 unspecified atom stereocenters. The quantitative estimate of drug-likeness (QED) is 0.735. The van der Waals surface area contributed by atoms with Crippen molar-refractivity contribution in [3.05, 3.63) is 0 Å². The van der Waals surface area contributed by atoms with E-state index in [1.165, 1.54) is 0 Å². The van der Waals surface area contributed by atoms with E-state index in [4.69, 9.17) is 5.11 Å². The van der Waals surface area contributed by atoms with Gasteiger partial charge in [0.05, 0.1) is 5.88 Å². The number of hydrogen-bond acceptors (Lipinski definition) is 5. The first-order valence-electron chi connectivity index (χ1n) is 6.46. The summed E-state index contributed by atoms with van der Waals surface area (Å²) in [6.45, 7) is -0.206. The summed E-state index contributed by atoms with van der Waals surface area (Å²) in [5, 5.41) is 7.00. The SMILES string of the molecule is O=C(O)N1CSCC1C(=O)N1CCSC1C(=O)C(F)(F)C(F)(F)F. The first kappa shape index (κ1) is 19.1. The summed E-state index contributed by atoms with van der Waals surface area (Å²) in [5.74, 6) is -8.91. The van der Waals surface area contributed by atoms with Crippen molar-refractivity contribution < 1.29 is 41.4 Å². The average Bonchev–Trinajstić information content (AvgIpc) is 3.13. The number of carbonyl (C=O) groups is 3. The van der Waals surface area contributed by atoms with Gasteiger partial charge in [0.15, 0.2) is 0 Å². The number of thioether (sulfide) groups is 2. The Balaban J connectivity index is 2.20. The number of hydrogen-bond donors (Lipinski definition) is 1. The predicted octanol–water partition coefficient (Wildman–Crippen LogP) is 1.71. The van der Waals surface area contributed by atoms with E-state index in [2.05, 4.69) is 0 Å². The van der Waals surface area contributed by atoms with Crippen LogP contribution in [0, 0.1) is 0 Å². The molecule has 0 spiro atoms. The number of alkyl halides is 5. The molecule has 24 heavy (non-hydrogen) atoms. The molecular formula is C11H11F5N2O4S2. The molecular weight excluding hydrogens is 383 g/mol. The second-order valence-electron chi connectivity index (χ2n) is 4.96. The second kappa shape index (κ2) is 6.58. The van der Waals surface area contributed by atoms with Gasteiger partial charge in [0.2, 0.25) is 11.7 Å². The van der Waals surface area contributed by atoms with E-state index in [-0.39, 0.29) is 23.9 Å². The second-order valence-corrected chi connectivity index (χ2v) is 7.15. The number of halogens is 5. The lowest BCUT2D eigenvalue weighted by molar-refractivity contribution is -0.269. The molecule has 2 aliphatic heterocycles. The highest BCUT2D eigenvalue weighted by atomic mass is 32.2. The van der Waals surface area contributed by atoms with Crippen molar-refractivity contribution in [3.8, 4) is 0 Å². The summed E-state index contributed by atoms with van der Waals surface area (Å²) in [6, 6.07) is -1.21. The fourth-order valence-electron chi connectivity index (χ4n) is 2.23. The minimum atomic E-state index is -6.06. The Kier molecular flexibility index (Phi) is 5.23. The summed E-state index contributed by atoms with van der Waals surface area (Å²) in [5.41, 5.74) is 0. The van der Waals surface area contributed by atoms with Crippen LogP contribution in [0.5, 0.6) is 0 Å². The van der Waals surface area contributed by atoms with Gasteiger partial charge in [-0.25, -0.2) is 4.79 Å². The van der Waals surface area contributed by atoms with Crippen molar-refractivity contribution in [2.75, 3.05) is 23.9 Å². The van der Waals surface area contributed by atoms with Crippen LogP contribution in [-0.4, -0.2) is 80.1 Å². The van der Waals surface area contributed by atoms with Crippen LogP contribution in [0.2, 0.25) is 0 Å². The molecule has 0 aliphatic carbocycles. The van der Waals surface area contributed by atoms with Gasteiger partial charge in [0.1, 0.15) is 11.4 Å². The van der Waals surface area contributed by atoms with Crippen LogP contribution in [0.3, 0.4) is 0 Å². The van der Waals surface area contributed by atoms with Gasteiger partial charge in [0.25, 0.3) is 0 Å². The molecule has 0 saturated carbocycles. The number of Topliss-reactive ketones (excluding diaryl/α,β-unsaturated/α-hetero) is 1. The van der Waals surface area contributed by atoms with E-state index in [1.54, 1.807) is 0 Å². The zero-order valence-corrected chi connectivity index (χ0v) is 13.4. The lowest BCUT2D eigenvalue weighted by atomic mass is 10.1. The van der Waals surface area contributed by atoms with E-state index < -0.39 is 41.3 Å². The molecule has 2 fully saturated rings. The Bertz CT molecular complexity index is 559. The summed E-state index contributed by atoms with van der Waals surface area (Å²) >= 11 is 1.60. The average molecular weight is 394 g/mol. The van der Waals surface area contributed by atoms with Gasteiger partial charge in [-0.1, -0.05) is 0 Å². The first-order chi connectivity index (χ1) is 11.0. The molecule has 136 valence electrons. The van der Waals surface area contributed by atoms with Gasteiger partial charge < -0.3 is 10.0 Å². The van der Waals surface area contributed by atoms with E-state index in [9.17, 15) is 36.3 Å². The molecule has 2 saturated heterocycles. The Hall–Kier alpha value is -1.24. The van der Waals surface area contributed by atoms with Crippen LogP contribution in [0.25, 0.3) is 0 Å². The van der Waals surface area contributed by atoms with Crippen molar-refractivity contribution in [3.63, 3.8) is 0 Å². The molecule has 2 rings (SSSR count). The lowest BCUT2D eigenvalue weighted by Crippen LogP contribution is -2.56. The summed E-state index contributed by atoms with van der Waals surface area (Å²) < 4.78 is 63.6. The van der Waals surface area contributed by atoms with Crippen molar-refractivity contribution in [1.82, 2.24) is 9.80 Å². The molecule has 2 heterocycles. The number of rotatable bonds is 3. The Morgan fingerprint density at radius 2 is 1.71 bits per heavy atom. The molecule has 6 nitrogen and oxygen atoms in total. The molecule has 2 amide bonds. The normalized spacial score (nSPS) is 25.2. The van der Waals surface area contributed by atoms with Gasteiger partial charge in [-0.3, -0.25) is 14.5 Å². The zero-order chi connectivity index (χ0) is 18.3. The fraction of sp³-hybridized carbons (Fsp3) is 0.727. The number of nitrogens with zero attached hydrogens (tertiary/aromatic N) is 2. The Morgan fingerprint density at radius 1 is 1.08 bits per heavy atom. The smallest absolute Gasteiger partial charge is 0.461 e. The monoisotopic (exact) mass is 394 g/mol. The third kappa shape index (κ3) is 3.27. The highest BCUT2D eigenvalue weighted by Crippen LogP contribution is 2.41. The van der Waals surface area contributed by atoms with Crippen molar-refractivity contribution >= 4 is 41.3 Å². The lowest BCUT2D eigenvalue weighted by Gasteiger charge is -2.30. The molecule has 2 aliphatic rings. The molecule has 0 radical (unpaired) electrons. The maximum atomic E-state index is 13.3.